The van der Waals surface area contributed by atoms with Gasteiger partial charge in [0.1, 0.15) is 12.4 Å². The molecule has 0 fully saturated rings. The number of nitrogens with zero attached hydrogens (tertiary/aromatic N) is 1. The fourth-order valence-corrected chi connectivity index (χ4v) is 2.87. The molecular weight excluding hydrogens is 357 g/mol. The second kappa shape index (κ2) is 7.96. The highest BCUT2D eigenvalue weighted by Crippen LogP contribution is 2.37. The molecule has 0 atom stereocenters. The zero-order valence-electron chi connectivity index (χ0n) is 15.3. The molecule has 140 valence electrons. The Morgan fingerprint density at radius 2 is 1.61 bits per heavy atom. The van der Waals surface area contributed by atoms with Crippen molar-refractivity contribution >= 4 is 10.9 Å². The van der Waals surface area contributed by atoms with Gasteiger partial charge in [0.15, 0.2) is 23.1 Å². The Hall–Kier alpha value is -3.60. The molecule has 1 heterocycles. The first-order valence-electron chi connectivity index (χ1n) is 8.80. The van der Waals surface area contributed by atoms with E-state index in [2.05, 4.69) is 4.98 Å². The van der Waals surface area contributed by atoms with Gasteiger partial charge in [-0.2, -0.15) is 0 Å². The van der Waals surface area contributed by atoms with Crippen LogP contribution < -0.4 is 14.2 Å². The fraction of sp³-hybridized carbons (Fsp3) is 0.0870. The van der Waals surface area contributed by atoms with Crippen LogP contribution in [-0.4, -0.2) is 12.1 Å². The lowest BCUT2D eigenvalue weighted by Crippen LogP contribution is -1.98. The monoisotopic (exact) mass is 375 g/mol. The third-order valence-corrected chi connectivity index (χ3v) is 4.28. The fourth-order valence-electron chi connectivity index (χ4n) is 2.87. The van der Waals surface area contributed by atoms with Crippen molar-refractivity contribution in [2.45, 2.75) is 6.61 Å². The second-order valence-corrected chi connectivity index (χ2v) is 6.14. The van der Waals surface area contributed by atoms with E-state index in [1.54, 1.807) is 49.7 Å². The van der Waals surface area contributed by atoms with E-state index in [1.165, 1.54) is 6.07 Å². The van der Waals surface area contributed by atoms with Crippen LogP contribution in [0.15, 0.2) is 79.0 Å². The number of para-hydroxylation sites is 1. The van der Waals surface area contributed by atoms with Gasteiger partial charge in [0.25, 0.3) is 0 Å². The number of rotatable bonds is 6. The van der Waals surface area contributed by atoms with Gasteiger partial charge in [-0.25, -0.2) is 4.39 Å². The van der Waals surface area contributed by atoms with Crippen LogP contribution in [0.4, 0.5) is 4.39 Å². The highest BCUT2D eigenvalue weighted by molar-refractivity contribution is 5.88. The average Bonchev–Trinajstić information content (AvgIpc) is 2.74. The van der Waals surface area contributed by atoms with Gasteiger partial charge in [0.2, 0.25) is 0 Å². The molecule has 0 bridgehead atoms. The van der Waals surface area contributed by atoms with Crippen molar-refractivity contribution in [1.29, 1.82) is 0 Å². The van der Waals surface area contributed by atoms with Gasteiger partial charge in [0.05, 0.1) is 12.6 Å². The van der Waals surface area contributed by atoms with E-state index in [9.17, 15) is 4.39 Å². The molecule has 4 nitrogen and oxygen atoms in total. The first kappa shape index (κ1) is 17.8. The zero-order chi connectivity index (χ0) is 19.3. The van der Waals surface area contributed by atoms with Crippen molar-refractivity contribution < 1.29 is 18.6 Å². The molecule has 1 aromatic heterocycles. The number of benzene rings is 3. The predicted molar refractivity (Wildman–Crippen MR) is 106 cm³/mol. The third-order valence-electron chi connectivity index (χ3n) is 4.28. The minimum Gasteiger partial charge on any atom is -0.493 e. The molecule has 4 aromatic rings. The van der Waals surface area contributed by atoms with Crippen LogP contribution in [-0.2, 0) is 6.61 Å². The van der Waals surface area contributed by atoms with Gasteiger partial charge in [-0.1, -0.05) is 42.5 Å². The summed E-state index contributed by atoms with van der Waals surface area (Å²) >= 11 is 0. The van der Waals surface area contributed by atoms with Crippen LogP contribution in [0.1, 0.15) is 5.56 Å². The molecule has 0 radical (unpaired) electrons. The standard InChI is InChI=1S/C23H18FNO3/c1-26-22-13-17-19(14-23(22)27-15-16-7-3-2-4-8-16)25-12-11-20(17)28-21-10-6-5-9-18(21)24/h2-14H,15H2,1H3. The van der Waals surface area contributed by atoms with Gasteiger partial charge in [0, 0.05) is 17.6 Å². The summed E-state index contributed by atoms with van der Waals surface area (Å²) in [5.74, 6) is 1.34. The highest BCUT2D eigenvalue weighted by Gasteiger charge is 2.13. The SMILES string of the molecule is COc1cc2c(Oc3ccccc3F)ccnc2cc1OCc1ccccc1. The second-order valence-electron chi connectivity index (χ2n) is 6.14. The van der Waals surface area contributed by atoms with E-state index in [1.807, 2.05) is 30.3 Å². The molecule has 5 heteroatoms. The molecule has 0 unspecified atom stereocenters. The summed E-state index contributed by atoms with van der Waals surface area (Å²) in [6.07, 6.45) is 1.62. The minimum absolute atomic E-state index is 0.151. The summed E-state index contributed by atoms with van der Waals surface area (Å²) in [5, 5.41) is 0.703. The van der Waals surface area contributed by atoms with Gasteiger partial charge in [-0.3, -0.25) is 4.98 Å². The Labute approximate surface area is 162 Å². The van der Waals surface area contributed by atoms with Crippen LogP contribution >= 0.6 is 0 Å². The topological polar surface area (TPSA) is 40.6 Å². The number of hydrogen-bond acceptors (Lipinski definition) is 4. The van der Waals surface area contributed by atoms with Crippen molar-refractivity contribution in [3.8, 4) is 23.0 Å². The summed E-state index contributed by atoms with van der Waals surface area (Å²) in [6.45, 7) is 0.411. The maximum absolute atomic E-state index is 14.0. The molecule has 0 aliphatic heterocycles. The summed E-state index contributed by atoms with van der Waals surface area (Å²) in [6, 6.07) is 21.4. The third kappa shape index (κ3) is 3.74. The van der Waals surface area contributed by atoms with Crippen LogP contribution in [0.25, 0.3) is 10.9 Å². The Morgan fingerprint density at radius 1 is 0.821 bits per heavy atom. The number of methoxy groups -OCH3 is 1. The van der Waals surface area contributed by atoms with Crippen LogP contribution in [0.3, 0.4) is 0 Å². The zero-order valence-corrected chi connectivity index (χ0v) is 15.3. The average molecular weight is 375 g/mol. The van der Waals surface area contributed by atoms with Crippen molar-refractivity contribution in [3.63, 3.8) is 0 Å². The minimum atomic E-state index is -0.428. The van der Waals surface area contributed by atoms with Crippen LogP contribution in [0.2, 0.25) is 0 Å². The highest BCUT2D eigenvalue weighted by atomic mass is 19.1. The van der Waals surface area contributed by atoms with E-state index < -0.39 is 5.82 Å². The Bertz CT molecular complexity index is 1100. The van der Waals surface area contributed by atoms with Crippen LogP contribution in [0, 0.1) is 5.82 Å². The Morgan fingerprint density at radius 3 is 2.39 bits per heavy atom. The molecule has 0 saturated carbocycles. The maximum Gasteiger partial charge on any atom is 0.165 e. The number of pyridine rings is 1. The normalized spacial score (nSPS) is 10.6. The van der Waals surface area contributed by atoms with E-state index >= 15 is 0 Å². The molecule has 0 aliphatic carbocycles. The van der Waals surface area contributed by atoms with Gasteiger partial charge in [-0.15, -0.1) is 0 Å². The smallest absolute Gasteiger partial charge is 0.165 e. The lowest BCUT2D eigenvalue weighted by molar-refractivity contribution is 0.285. The van der Waals surface area contributed by atoms with Crippen molar-refractivity contribution in [1.82, 2.24) is 4.98 Å². The number of hydrogen-bond donors (Lipinski definition) is 0. The van der Waals surface area contributed by atoms with Crippen molar-refractivity contribution in [3.05, 3.63) is 90.4 Å². The largest absolute Gasteiger partial charge is 0.493 e. The number of ether oxygens (including phenoxy) is 3. The number of halogens is 1. The summed E-state index contributed by atoms with van der Waals surface area (Å²) < 4.78 is 31.2. The maximum atomic E-state index is 14.0. The van der Waals surface area contributed by atoms with Crippen molar-refractivity contribution in [2.24, 2.45) is 0 Å². The summed E-state index contributed by atoms with van der Waals surface area (Å²) in [7, 11) is 1.57. The summed E-state index contributed by atoms with van der Waals surface area (Å²) in [4.78, 5) is 4.39. The quantitative estimate of drug-likeness (QED) is 0.430. The molecule has 4 rings (SSSR count). The first-order valence-corrected chi connectivity index (χ1v) is 8.80. The van der Waals surface area contributed by atoms with Gasteiger partial charge < -0.3 is 14.2 Å². The van der Waals surface area contributed by atoms with E-state index in [4.69, 9.17) is 14.2 Å². The molecule has 0 spiro atoms. The molecule has 0 aliphatic rings. The van der Waals surface area contributed by atoms with Crippen molar-refractivity contribution in [2.75, 3.05) is 7.11 Å². The van der Waals surface area contributed by atoms with Gasteiger partial charge >= 0.3 is 0 Å². The summed E-state index contributed by atoms with van der Waals surface area (Å²) in [5.41, 5.74) is 1.71. The molecule has 0 amide bonds. The van der Waals surface area contributed by atoms with E-state index in [0.29, 0.717) is 34.8 Å². The van der Waals surface area contributed by atoms with E-state index in [0.717, 1.165) is 5.56 Å². The lowest BCUT2D eigenvalue weighted by atomic mass is 10.1. The molecule has 28 heavy (non-hydrogen) atoms. The van der Waals surface area contributed by atoms with Gasteiger partial charge in [-0.05, 0) is 29.8 Å². The lowest BCUT2D eigenvalue weighted by Gasteiger charge is -2.14. The Kier molecular flexibility index (Phi) is 5.06. The number of aromatic nitrogens is 1. The van der Waals surface area contributed by atoms with Crippen LogP contribution in [0.5, 0.6) is 23.0 Å². The molecule has 0 N–H and O–H groups in total. The first-order chi connectivity index (χ1) is 13.7. The molecule has 3 aromatic carbocycles. The molecular formula is C23H18FNO3. The van der Waals surface area contributed by atoms with E-state index in [-0.39, 0.29) is 5.75 Å². The molecule has 0 saturated heterocycles. The predicted octanol–water partition coefficient (Wildman–Crippen LogP) is 5.75. The Balaban J connectivity index is 1.68. The number of fused-ring (bicyclic) bond motifs is 1.